The van der Waals surface area contributed by atoms with Crippen molar-refractivity contribution in [2.75, 3.05) is 38.3 Å². The third-order valence-corrected chi connectivity index (χ3v) is 4.55. The van der Waals surface area contributed by atoms with Crippen molar-refractivity contribution >= 4 is 15.9 Å². The van der Waals surface area contributed by atoms with E-state index >= 15 is 0 Å². The van der Waals surface area contributed by atoms with Gasteiger partial charge in [0.1, 0.15) is 9.84 Å². The average molecular weight is 290 g/mol. The summed E-state index contributed by atoms with van der Waals surface area (Å²) in [6.07, 6.45) is 3.17. The lowest BCUT2D eigenvalue weighted by molar-refractivity contribution is 0.0398. The number of nitrogens with zero attached hydrogens (tertiary/aromatic N) is 2. The Hall–Kier alpha value is -0.820. The van der Waals surface area contributed by atoms with E-state index in [-0.39, 0.29) is 23.9 Å². The topological polar surface area (TPSA) is 66.9 Å². The van der Waals surface area contributed by atoms with Crippen LogP contribution in [0.5, 0.6) is 0 Å². The third-order valence-electron chi connectivity index (χ3n) is 3.46. The summed E-state index contributed by atoms with van der Waals surface area (Å²) in [5, 5.41) is 0. The Balaban J connectivity index is 2.04. The standard InChI is InChI=1S/C12H22N2O4S/c1-10(9-19(2,16)17)14(11-3-4-11)12(15)13-5-7-18-8-6-13/h10-11H,3-9H2,1-2H3. The number of hydrogen-bond acceptors (Lipinski definition) is 4. The summed E-state index contributed by atoms with van der Waals surface area (Å²) in [6.45, 7) is 4.12. The molecule has 2 rings (SSSR count). The predicted molar refractivity (Wildman–Crippen MR) is 71.8 cm³/mol. The molecule has 7 heteroatoms. The highest BCUT2D eigenvalue weighted by Gasteiger charge is 2.38. The normalized spacial score (nSPS) is 22.1. The van der Waals surface area contributed by atoms with Crippen LogP contribution in [-0.4, -0.2) is 74.6 Å². The summed E-state index contributed by atoms with van der Waals surface area (Å²) in [7, 11) is -3.08. The van der Waals surface area contributed by atoms with E-state index in [1.807, 2.05) is 6.92 Å². The minimum atomic E-state index is -3.08. The predicted octanol–water partition coefficient (Wildman–Crippen LogP) is 0.336. The van der Waals surface area contributed by atoms with E-state index in [1.54, 1.807) is 9.80 Å². The molecule has 1 heterocycles. The number of amides is 2. The maximum absolute atomic E-state index is 12.5. The molecule has 19 heavy (non-hydrogen) atoms. The Labute approximate surface area is 114 Å². The van der Waals surface area contributed by atoms with Gasteiger partial charge < -0.3 is 14.5 Å². The number of carbonyl (C=O) groups is 1. The minimum Gasteiger partial charge on any atom is -0.378 e. The zero-order valence-electron chi connectivity index (χ0n) is 11.5. The van der Waals surface area contributed by atoms with Crippen molar-refractivity contribution in [1.29, 1.82) is 0 Å². The molecule has 0 N–H and O–H groups in total. The number of carbonyl (C=O) groups excluding carboxylic acids is 1. The maximum Gasteiger partial charge on any atom is 0.320 e. The van der Waals surface area contributed by atoms with E-state index in [0.29, 0.717) is 26.3 Å². The van der Waals surface area contributed by atoms with Crippen LogP contribution in [-0.2, 0) is 14.6 Å². The zero-order valence-corrected chi connectivity index (χ0v) is 12.4. The van der Waals surface area contributed by atoms with E-state index in [9.17, 15) is 13.2 Å². The summed E-state index contributed by atoms with van der Waals surface area (Å²) in [5.74, 6) is 0.0274. The van der Waals surface area contributed by atoms with Gasteiger partial charge in [-0.25, -0.2) is 13.2 Å². The fraction of sp³-hybridized carbons (Fsp3) is 0.917. The van der Waals surface area contributed by atoms with Gasteiger partial charge in [0, 0.05) is 31.4 Å². The summed E-state index contributed by atoms with van der Waals surface area (Å²) < 4.78 is 28.1. The molecule has 0 radical (unpaired) electrons. The molecular weight excluding hydrogens is 268 g/mol. The van der Waals surface area contributed by atoms with Crippen molar-refractivity contribution in [2.24, 2.45) is 0 Å². The number of urea groups is 1. The fourth-order valence-corrected chi connectivity index (χ4v) is 3.53. The van der Waals surface area contributed by atoms with Gasteiger partial charge in [0.2, 0.25) is 0 Å². The molecule has 1 unspecified atom stereocenters. The number of rotatable bonds is 4. The molecule has 1 saturated carbocycles. The van der Waals surface area contributed by atoms with E-state index in [0.717, 1.165) is 12.8 Å². The van der Waals surface area contributed by atoms with Gasteiger partial charge in [-0.3, -0.25) is 0 Å². The molecule has 0 aromatic rings. The minimum absolute atomic E-state index is 0.0274. The van der Waals surface area contributed by atoms with Gasteiger partial charge >= 0.3 is 6.03 Å². The SMILES string of the molecule is CC(CS(C)(=O)=O)N(C(=O)N1CCOCC1)C1CC1. The van der Waals surface area contributed by atoms with Crippen molar-refractivity contribution in [3.63, 3.8) is 0 Å². The highest BCUT2D eigenvalue weighted by Crippen LogP contribution is 2.30. The Kier molecular flexibility index (Phi) is 4.35. The smallest absolute Gasteiger partial charge is 0.320 e. The van der Waals surface area contributed by atoms with Crippen LogP contribution < -0.4 is 0 Å². The molecular formula is C12H22N2O4S. The van der Waals surface area contributed by atoms with Crippen LogP contribution >= 0.6 is 0 Å². The quantitative estimate of drug-likeness (QED) is 0.748. The lowest BCUT2D eigenvalue weighted by Crippen LogP contribution is -2.53. The molecule has 0 bridgehead atoms. The molecule has 110 valence electrons. The highest BCUT2D eigenvalue weighted by molar-refractivity contribution is 7.90. The van der Waals surface area contributed by atoms with Crippen molar-refractivity contribution in [3.05, 3.63) is 0 Å². The highest BCUT2D eigenvalue weighted by atomic mass is 32.2. The van der Waals surface area contributed by atoms with Crippen LogP contribution in [0.15, 0.2) is 0 Å². The second kappa shape index (κ2) is 5.66. The largest absolute Gasteiger partial charge is 0.378 e. The second-order valence-corrected chi connectivity index (χ2v) is 7.65. The van der Waals surface area contributed by atoms with Crippen molar-refractivity contribution in [2.45, 2.75) is 31.8 Å². The summed E-state index contributed by atoms with van der Waals surface area (Å²) in [4.78, 5) is 16.0. The molecule has 0 spiro atoms. The second-order valence-electron chi connectivity index (χ2n) is 5.46. The average Bonchev–Trinajstić information content (AvgIpc) is 3.12. The van der Waals surface area contributed by atoms with Crippen molar-refractivity contribution in [1.82, 2.24) is 9.80 Å². The molecule has 6 nitrogen and oxygen atoms in total. The Morgan fingerprint density at radius 2 is 1.95 bits per heavy atom. The molecule has 2 amide bonds. The number of sulfone groups is 1. The molecule has 2 aliphatic rings. The first-order valence-corrected chi connectivity index (χ1v) is 8.77. The molecule has 1 aliphatic carbocycles. The van der Waals surface area contributed by atoms with Gasteiger partial charge in [0.05, 0.1) is 19.0 Å². The molecule has 0 aromatic carbocycles. The van der Waals surface area contributed by atoms with Gasteiger partial charge in [0.15, 0.2) is 0 Å². The van der Waals surface area contributed by atoms with Crippen LogP contribution in [0.2, 0.25) is 0 Å². The number of ether oxygens (including phenoxy) is 1. The first-order chi connectivity index (χ1) is 8.88. The lowest BCUT2D eigenvalue weighted by Gasteiger charge is -2.36. The van der Waals surface area contributed by atoms with Gasteiger partial charge in [-0.15, -0.1) is 0 Å². The Morgan fingerprint density at radius 1 is 1.37 bits per heavy atom. The van der Waals surface area contributed by atoms with Gasteiger partial charge in [-0.2, -0.15) is 0 Å². The van der Waals surface area contributed by atoms with Crippen molar-refractivity contribution < 1.29 is 17.9 Å². The van der Waals surface area contributed by atoms with Crippen LogP contribution in [0.4, 0.5) is 4.79 Å². The number of hydrogen-bond donors (Lipinski definition) is 0. The molecule has 1 aliphatic heterocycles. The Morgan fingerprint density at radius 3 is 2.42 bits per heavy atom. The maximum atomic E-state index is 12.5. The summed E-state index contributed by atoms with van der Waals surface area (Å²) in [6, 6.07) is -0.0908. The van der Waals surface area contributed by atoms with Crippen LogP contribution in [0, 0.1) is 0 Å². The molecule has 2 fully saturated rings. The van der Waals surface area contributed by atoms with Crippen LogP contribution in [0.3, 0.4) is 0 Å². The first kappa shape index (κ1) is 14.6. The van der Waals surface area contributed by atoms with Gasteiger partial charge in [-0.05, 0) is 19.8 Å². The zero-order chi connectivity index (χ0) is 14.0. The van der Waals surface area contributed by atoms with E-state index in [1.165, 1.54) is 6.26 Å². The third kappa shape index (κ3) is 4.07. The summed E-state index contributed by atoms with van der Waals surface area (Å²) in [5.41, 5.74) is 0. The number of morpholine rings is 1. The van der Waals surface area contributed by atoms with Crippen LogP contribution in [0.1, 0.15) is 19.8 Å². The van der Waals surface area contributed by atoms with Crippen molar-refractivity contribution in [3.8, 4) is 0 Å². The van der Waals surface area contributed by atoms with E-state index in [2.05, 4.69) is 0 Å². The van der Waals surface area contributed by atoms with E-state index < -0.39 is 9.84 Å². The molecule has 0 aromatic heterocycles. The molecule has 1 saturated heterocycles. The molecule has 1 atom stereocenters. The van der Waals surface area contributed by atoms with Gasteiger partial charge in [0.25, 0.3) is 0 Å². The summed E-state index contributed by atoms with van der Waals surface area (Å²) >= 11 is 0. The van der Waals surface area contributed by atoms with E-state index in [4.69, 9.17) is 4.74 Å². The Bertz CT molecular complexity index is 427. The van der Waals surface area contributed by atoms with Gasteiger partial charge in [-0.1, -0.05) is 0 Å². The first-order valence-electron chi connectivity index (χ1n) is 6.71. The fourth-order valence-electron chi connectivity index (χ4n) is 2.49. The monoisotopic (exact) mass is 290 g/mol. The van der Waals surface area contributed by atoms with Crippen LogP contribution in [0.25, 0.3) is 0 Å². The lowest BCUT2D eigenvalue weighted by atomic mass is 10.3.